The molecular weight excluding hydrogens is 432 g/mol. The van der Waals surface area contributed by atoms with E-state index >= 15 is 0 Å². The monoisotopic (exact) mass is 450 g/mol. The molecule has 0 unspecified atom stereocenters. The molecule has 1 N–H and O–H groups in total. The first kappa shape index (κ1) is 20.5. The van der Waals surface area contributed by atoms with E-state index in [2.05, 4.69) is 5.10 Å². The second-order valence-corrected chi connectivity index (χ2v) is 8.64. The topological polar surface area (TPSA) is 96.3 Å². The lowest BCUT2D eigenvalue weighted by atomic mass is 9.85. The molecule has 0 aromatic heterocycles. The van der Waals surface area contributed by atoms with E-state index < -0.39 is 5.97 Å². The van der Waals surface area contributed by atoms with Crippen LogP contribution < -0.4 is 4.74 Å². The van der Waals surface area contributed by atoms with Gasteiger partial charge in [0.2, 0.25) is 0 Å². The van der Waals surface area contributed by atoms with Crippen LogP contribution in [0.3, 0.4) is 0 Å². The Bertz CT molecular complexity index is 1140. The van der Waals surface area contributed by atoms with Crippen LogP contribution in [0.4, 0.5) is 0 Å². The maximum atomic E-state index is 12.8. The molecule has 1 heterocycles. The number of allylic oxidation sites excluding steroid dienone is 2. The molecule has 8 heteroatoms. The van der Waals surface area contributed by atoms with Crippen molar-refractivity contribution in [3.05, 3.63) is 76.3 Å². The number of carboxylic acids is 1. The van der Waals surface area contributed by atoms with Crippen LogP contribution in [0, 0.1) is 23.7 Å². The fourth-order valence-electron chi connectivity index (χ4n) is 4.78. The Hall–Kier alpha value is -3.45. The minimum absolute atomic E-state index is 0.124. The van der Waals surface area contributed by atoms with E-state index in [1.807, 2.05) is 12.2 Å². The molecule has 5 rings (SSSR count). The van der Waals surface area contributed by atoms with Crippen molar-refractivity contribution >= 4 is 35.6 Å². The number of carbonyl (C=O) groups excluding carboxylic acids is 2. The van der Waals surface area contributed by atoms with E-state index in [9.17, 15) is 14.4 Å². The second kappa shape index (κ2) is 7.91. The number of fused-ring (bicyclic) bond motifs is 5. The van der Waals surface area contributed by atoms with E-state index in [1.165, 1.54) is 18.3 Å². The van der Waals surface area contributed by atoms with Crippen molar-refractivity contribution in [3.63, 3.8) is 0 Å². The number of aromatic carboxylic acids is 1. The van der Waals surface area contributed by atoms with Crippen LogP contribution in [0.1, 0.15) is 27.9 Å². The molecule has 2 aromatic carbocycles. The van der Waals surface area contributed by atoms with Gasteiger partial charge in [-0.1, -0.05) is 35.9 Å². The molecule has 2 fully saturated rings. The third kappa shape index (κ3) is 3.48. The van der Waals surface area contributed by atoms with Gasteiger partial charge in [-0.3, -0.25) is 9.59 Å². The number of ether oxygens (including phenoxy) is 1. The number of amides is 2. The highest BCUT2D eigenvalue weighted by molar-refractivity contribution is 6.31. The summed E-state index contributed by atoms with van der Waals surface area (Å²) in [6, 6.07) is 11.4. The molecule has 1 aliphatic heterocycles. The Morgan fingerprint density at radius 3 is 2.38 bits per heavy atom. The van der Waals surface area contributed by atoms with Crippen LogP contribution in [-0.4, -0.2) is 34.1 Å². The summed E-state index contributed by atoms with van der Waals surface area (Å²) in [7, 11) is 0. The van der Waals surface area contributed by atoms with Gasteiger partial charge in [0.05, 0.1) is 23.6 Å². The Kier molecular flexibility index (Phi) is 5.06. The number of halogens is 1. The van der Waals surface area contributed by atoms with Crippen molar-refractivity contribution in [1.82, 2.24) is 5.01 Å². The smallest absolute Gasteiger partial charge is 0.335 e. The van der Waals surface area contributed by atoms with Crippen molar-refractivity contribution in [2.45, 2.75) is 13.0 Å². The lowest BCUT2D eigenvalue weighted by molar-refractivity contribution is -0.140. The average Bonchev–Trinajstić information content (AvgIpc) is 3.46. The fourth-order valence-corrected chi connectivity index (χ4v) is 4.96. The molecular formula is C24H19ClN2O5. The van der Waals surface area contributed by atoms with Gasteiger partial charge in [0.1, 0.15) is 12.4 Å². The summed E-state index contributed by atoms with van der Waals surface area (Å²) >= 11 is 6.13. The zero-order valence-electron chi connectivity index (χ0n) is 16.8. The van der Waals surface area contributed by atoms with Crippen LogP contribution in [0.25, 0.3) is 0 Å². The van der Waals surface area contributed by atoms with Gasteiger partial charge in [-0.05, 0) is 54.2 Å². The molecule has 3 aliphatic rings. The summed E-state index contributed by atoms with van der Waals surface area (Å²) in [6.45, 7) is 0.198. The van der Waals surface area contributed by atoms with Crippen molar-refractivity contribution in [2.24, 2.45) is 28.8 Å². The molecule has 1 saturated carbocycles. The number of rotatable bonds is 6. The number of hydrazone groups is 1. The van der Waals surface area contributed by atoms with Crippen molar-refractivity contribution < 1.29 is 24.2 Å². The highest BCUT2D eigenvalue weighted by Crippen LogP contribution is 2.52. The summed E-state index contributed by atoms with van der Waals surface area (Å²) < 4.78 is 5.87. The Morgan fingerprint density at radius 1 is 1.09 bits per heavy atom. The zero-order chi connectivity index (χ0) is 22.4. The van der Waals surface area contributed by atoms with Gasteiger partial charge in [0.15, 0.2) is 0 Å². The fraction of sp³-hybridized carbons (Fsp3) is 0.250. The summed E-state index contributed by atoms with van der Waals surface area (Å²) in [4.78, 5) is 36.6. The first-order valence-electron chi connectivity index (χ1n) is 10.3. The predicted molar refractivity (Wildman–Crippen MR) is 116 cm³/mol. The molecule has 4 atom stereocenters. The van der Waals surface area contributed by atoms with Crippen LogP contribution in [0.15, 0.2) is 59.7 Å². The SMILES string of the molecule is O=C(O)c1ccc(COc2ccc(Cl)cc2C=NN2C(=O)[C@@H]3[C@H](C2=O)[C@H]2C=C[C@H]3C2)cc1. The molecule has 2 bridgehead atoms. The number of hydrogen-bond donors (Lipinski definition) is 1. The van der Waals surface area contributed by atoms with Gasteiger partial charge in [-0.2, -0.15) is 10.1 Å². The molecule has 1 saturated heterocycles. The average molecular weight is 451 g/mol. The van der Waals surface area contributed by atoms with Crippen molar-refractivity contribution in [2.75, 3.05) is 0 Å². The zero-order valence-corrected chi connectivity index (χ0v) is 17.6. The Balaban J connectivity index is 1.32. The summed E-state index contributed by atoms with van der Waals surface area (Å²) in [5.74, 6) is -1.39. The van der Waals surface area contributed by atoms with Crippen LogP contribution in [0.2, 0.25) is 5.02 Å². The van der Waals surface area contributed by atoms with Crippen LogP contribution in [0.5, 0.6) is 5.75 Å². The molecule has 0 spiro atoms. The number of hydrogen-bond acceptors (Lipinski definition) is 5. The highest BCUT2D eigenvalue weighted by atomic mass is 35.5. The first-order valence-corrected chi connectivity index (χ1v) is 10.6. The van der Waals surface area contributed by atoms with E-state index in [0.717, 1.165) is 17.0 Å². The number of carboxylic acid groups (broad SMARTS) is 1. The van der Waals surface area contributed by atoms with Gasteiger partial charge >= 0.3 is 5.97 Å². The summed E-state index contributed by atoms with van der Waals surface area (Å²) in [6.07, 6.45) is 6.36. The number of carbonyl (C=O) groups is 3. The minimum atomic E-state index is -0.993. The van der Waals surface area contributed by atoms with Gasteiger partial charge in [0, 0.05) is 10.6 Å². The van der Waals surface area contributed by atoms with Gasteiger partial charge in [0.25, 0.3) is 11.8 Å². The molecule has 2 aliphatic carbocycles. The van der Waals surface area contributed by atoms with Crippen LogP contribution >= 0.6 is 11.6 Å². The largest absolute Gasteiger partial charge is 0.488 e. The van der Waals surface area contributed by atoms with Gasteiger partial charge in [-0.25, -0.2) is 4.79 Å². The Labute approximate surface area is 188 Å². The van der Waals surface area contributed by atoms with Crippen molar-refractivity contribution in [3.8, 4) is 5.75 Å². The Morgan fingerprint density at radius 2 is 1.75 bits per heavy atom. The van der Waals surface area contributed by atoms with E-state index in [4.69, 9.17) is 21.4 Å². The molecule has 0 radical (unpaired) electrons. The molecule has 2 aromatic rings. The van der Waals surface area contributed by atoms with E-state index in [-0.39, 0.29) is 47.7 Å². The number of benzene rings is 2. The second-order valence-electron chi connectivity index (χ2n) is 8.21. The highest BCUT2D eigenvalue weighted by Gasteiger charge is 2.59. The normalized spacial score (nSPS) is 25.7. The maximum absolute atomic E-state index is 12.8. The molecule has 162 valence electrons. The number of nitrogens with zero attached hydrogens (tertiary/aromatic N) is 2. The lowest BCUT2D eigenvalue weighted by Gasteiger charge is -2.13. The maximum Gasteiger partial charge on any atom is 0.335 e. The van der Waals surface area contributed by atoms with Crippen LogP contribution in [-0.2, 0) is 16.2 Å². The molecule has 32 heavy (non-hydrogen) atoms. The minimum Gasteiger partial charge on any atom is -0.488 e. The summed E-state index contributed by atoms with van der Waals surface area (Å²) in [5.41, 5.74) is 1.51. The quantitative estimate of drug-likeness (QED) is 0.410. The van der Waals surface area contributed by atoms with E-state index in [0.29, 0.717) is 16.3 Å². The van der Waals surface area contributed by atoms with Gasteiger partial charge < -0.3 is 9.84 Å². The lowest BCUT2D eigenvalue weighted by Crippen LogP contribution is -2.28. The third-order valence-corrected chi connectivity index (χ3v) is 6.56. The molecule has 7 nitrogen and oxygen atoms in total. The van der Waals surface area contributed by atoms with Crippen molar-refractivity contribution in [1.29, 1.82) is 0 Å². The number of imide groups is 1. The van der Waals surface area contributed by atoms with E-state index in [1.54, 1.807) is 30.3 Å². The third-order valence-electron chi connectivity index (χ3n) is 6.33. The molecule has 2 amide bonds. The van der Waals surface area contributed by atoms with Gasteiger partial charge in [-0.15, -0.1) is 0 Å². The standard InChI is InChI=1S/C24H19ClN2O5/c25-18-7-8-19(32-12-13-1-3-14(4-2-13)24(30)31)17(10-18)11-26-27-22(28)20-15-5-6-16(9-15)21(20)23(27)29/h1-8,10-11,15-16,20-21H,9,12H2,(H,30,31)/t15-,16-,20-,21+/m0/s1. The summed E-state index contributed by atoms with van der Waals surface area (Å²) in [5, 5.41) is 14.6. The predicted octanol–water partition coefficient (Wildman–Crippen LogP) is 3.76. The first-order chi connectivity index (χ1) is 15.4.